The van der Waals surface area contributed by atoms with Crippen molar-refractivity contribution in [3.63, 3.8) is 0 Å². The van der Waals surface area contributed by atoms with E-state index in [1.165, 1.54) is 23.9 Å². The molecule has 122 valence electrons. The first kappa shape index (κ1) is 14.9. The third-order valence-corrected chi connectivity index (χ3v) is 5.11. The van der Waals surface area contributed by atoms with Gasteiger partial charge < -0.3 is 5.32 Å². The number of carbonyl (C=O) groups is 1. The molecule has 4 rings (SSSR count). The summed E-state index contributed by atoms with van der Waals surface area (Å²) in [5, 5.41) is 11.5. The number of nitrogens with zero attached hydrogens (tertiary/aromatic N) is 4. The van der Waals surface area contributed by atoms with E-state index >= 15 is 0 Å². The van der Waals surface area contributed by atoms with Crippen molar-refractivity contribution in [2.24, 2.45) is 7.05 Å². The summed E-state index contributed by atoms with van der Waals surface area (Å²) in [5.41, 5.74) is 2.61. The van der Waals surface area contributed by atoms with Gasteiger partial charge in [0.05, 0.1) is 29.1 Å². The number of amides is 1. The van der Waals surface area contributed by atoms with Crippen molar-refractivity contribution in [1.29, 1.82) is 0 Å². The minimum Gasteiger partial charge on any atom is -0.310 e. The molecule has 0 spiro atoms. The molecular formula is C16H14FN5OS. The number of aryl methyl sites for hydroxylation is 1. The van der Waals surface area contributed by atoms with Crippen LogP contribution in [0.15, 0.2) is 42.9 Å². The lowest BCUT2D eigenvalue weighted by Gasteiger charge is -2.12. The molecule has 0 radical (unpaired) electrons. The van der Waals surface area contributed by atoms with Crippen molar-refractivity contribution in [3.05, 3.63) is 59.8 Å². The molecule has 8 heteroatoms. The Labute approximate surface area is 141 Å². The minimum absolute atomic E-state index is 0.0400. The maximum absolute atomic E-state index is 13.2. The van der Waals surface area contributed by atoms with Crippen LogP contribution in [0.5, 0.6) is 0 Å². The van der Waals surface area contributed by atoms with Gasteiger partial charge in [-0.2, -0.15) is 10.2 Å². The van der Waals surface area contributed by atoms with Crippen LogP contribution in [0.4, 0.5) is 10.2 Å². The highest BCUT2D eigenvalue weighted by atomic mass is 32.2. The first-order valence-corrected chi connectivity index (χ1v) is 8.40. The Hall–Kier alpha value is -2.61. The van der Waals surface area contributed by atoms with Crippen LogP contribution in [0.3, 0.4) is 0 Å². The summed E-state index contributed by atoms with van der Waals surface area (Å²) < 4.78 is 16.5. The molecular weight excluding hydrogens is 329 g/mol. The Balaban J connectivity index is 1.82. The Bertz CT molecular complexity index is 902. The molecule has 1 atom stereocenters. The highest BCUT2D eigenvalue weighted by Gasteiger charge is 2.28. The number of halogens is 1. The van der Waals surface area contributed by atoms with E-state index in [1.54, 1.807) is 33.9 Å². The number of anilines is 1. The van der Waals surface area contributed by atoms with Crippen LogP contribution in [-0.2, 0) is 11.8 Å². The first-order chi connectivity index (χ1) is 11.6. The van der Waals surface area contributed by atoms with Gasteiger partial charge in [-0.1, -0.05) is 0 Å². The van der Waals surface area contributed by atoms with Crippen LogP contribution in [0.1, 0.15) is 16.4 Å². The van der Waals surface area contributed by atoms with Crippen molar-refractivity contribution < 1.29 is 9.18 Å². The zero-order valence-electron chi connectivity index (χ0n) is 12.8. The van der Waals surface area contributed by atoms with Gasteiger partial charge >= 0.3 is 0 Å². The first-order valence-electron chi connectivity index (χ1n) is 7.35. The van der Waals surface area contributed by atoms with E-state index in [9.17, 15) is 9.18 Å². The van der Waals surface area contributed by atoms with Gasteiger partial charge in [0.2, 0.25) is 5.91 Å². The van der Waals surface area contributed by atoms with E-state index in [2.05, 4.69) is 15.5 Å². The van der Waals surface area contributed by atoms with E-state index in [4.69, 9.17) is 0 Å². The van der Waals surface area contributed by atoms with Gasteiger partial charge in [-0.15, -0.1) is 11.8 Å². The van der Waals surface area contributed by atoms with Crippen molar-refractivity contribution >= 4 is 23.5 Å². The summed E-state index contributed by atoms with van der Waals surface area (Å²) in [7, 11) is 1.86. The predicted octanol–water partition coefficient (Wildman–Crippen LogP) is 2.52. The molecule has 1 aliphatic heterocycles. The average molecular weight is 343 g/mol. The van der Waals surface area contributed by atoms with E-state index in [1.807, 2.05) is 13.2 Å². The minimum atomic E-state index is -0.315. The summed E-state index contributed by atoms with van der Waals surface area (Å²) in [6, 6.07) is 6.00. The number of hydrogen-bond acceptors (Lipinski definition) is 4. The number of benzene rings is 1. The molecule has 3 aromatic rings. The van der Waals surface area contributed by atoms with Crippen molar-refractivity contribution in [1.82, 2.24) is 19.6 Å². The lowest BCUT2D eigenvalue weighted by molar-refractivity contribution is -0.113. The molecule has 1 aliphatic rings. The number of fused-ring (bicyclic) bond motifs is 1. The third kappa shape index (κ3) is 2.58. The monoisotopic (exact) mass is 343 g/mol. The molecule has 0 saturated carbocycles. The summed E-state index contributed by atoms with van der Waals surface area (Å²) in [6.07, 6.45) is 5.48. The average Bonchev–Trinajstić information content (AvgIpc) is 3.12. The van der Waals surface area contributed by atoms with Crippen LogP contribution < -0.4 is 5.32 Å². The van der Waals surface area contributed by atoms with E-state index in [0.717, 1.165) is 11.1 Å². The number of rotatable bonds is 2. The molecule has 1 N–H and O–H groups in total. The van der Waals surface area contributed by atoms with Crippen LogP contribution >= 0.6 is 11.8 Å². The maximum atomic E-state index is 13.2. The molecule has 6 nitrogen and oxygen atoms in total. The van der Waals surface area contributed by atoms with Crippen LogP contribution in [0.25, 0.3) is 5.69 Å². The number of hydrogen-bond donors (Lipinski definition) is 1. The molecule has 0 aliphatic carbocycles. The van der Waals surface area contributed by atoms with Gasteiger partial charge in [-0.25, -0.2) is 9.07 Å². The van der Waals surface area contributed by atoms with Gasteiger partial charge in [0, 0.05) is 24.4 Å². The van der Waals surface area contributed by atoms with Gasteiger partial charge in [-0.3, -0.25) is 9.48 Å². The van der Waals surface area contributed by atoms with Gasteiger partial charge in [0.15, 0.2) is 0 Å². The van der Waals surface area contributed by atoms with Crippen LogP contribution in [-0.4, -0.2) is 31.2 Å². The molecule has 3 heterocycles. The molecule has 1 unspecified atom stereocenters. The number of thioether (sulfide) groups is 1. The summed E-state index contributed by atoms with van der Waals surface area (Å²) in [4.78, 5) is 12.1. The van der Waals surface area contributed by atoms with E-state index in [0.29, 0.717) is 17.3 Å². The standard InChI is InChI=1S/C16H14FN5OS/c1-21-8-10(6-18-21)15-13-7-19-22(12-4-2-11(17)3-5-12)16(13)20-14(23)9-24-15/h2-8,15H,9H2,1H3,(H,20,23). The number of aromatic nitrogens is 4. The van der Waals surface area contributed by atoms with Crippen molar-refractivity contribution in [2.45, 2.75) is 5.25 Å². The third-order valence-electron chi connectivity index (χ3n) is 3.82. The Morgan fingerprint density at radius 3 is 2.75 bits per heavy atom. The molecule has 0 saturated heterocycles. The second-order valence-electron chi connectivity index (χ2n) is 5.52. The molecule has 2 aromatic heterocycles. The molecule has 0 bridgehead atoms. The van der Waals surface area contributed by atoms with Gasteiger partial charge in [0.1, 0.15) is 11.6 Å². The normalized spacial score (nSPS) is 17.2. The molecule has 0 fully saturated rings. The second kappa shape index (κ2) is 5.79. The largest absolute Gasteiger partial charge is 0.310 e. The molecule has 1 amide bonds. The highest BCUT2D eigenvalue weighted by Crippen LogP contribution is 2.41. The quantitative estimate of drug-likeness (QED) is 0.776. The summed E-state index contributed by atoms with van der Waals surface area (Å²) in [6.45, 7) is 0. The fourth-order valence-corrected chi connectivity index (χ4v) is 3.78. The number of carbonyl (C=O) groups excluding carboxylic acids is 1. The fraction of sp³-hybridized carbons (Fsp3) is 0.188. The predicted molar refractivity (Wildman–Crippen MR) is 89.7 cm³/mol. The van der Waals surface area contributed by atoms with Crippen molar-refractivity contribution in [3.8, 4) is 5.69 Å². The van der Waals surface area contributed by atoms with Gasteiger partial charge in [0.25, 0.3) is 0 Å². The smallest absolute Gasteiger partial charge is 0.235 e. The topological polar surface area (TPSA) is 64.7 Å². The number of nitrogens with one attached hydrogen (secondary N) is 1. The molecule has 24 heavy (non-hydrogen) atoms. The molecule has 1 aromatic carbocycles. The lowest BCUT2D eigenvalue weighted by Crippen LogP contribution is -2.15. The fourth-order valence-electron chi connectivity index (χ4n) is 2.72. The SMILES string of the molecule is Cn1cc(C2SCC(=O)Nc3c2cnn3-c2ccc(F)cc2)cn1. The maximum Gasteiger partial charge on any atom is 0.235 e. The Kier molecular flexibility index (Phi) is 3.61. The summed E-state index contributed by atoms with van der Waals surface area (Å²) in [5.74, 6) is 0.560. The van der Waals surface area contributed by atoms with Gasteiger partial charge in [-0.05, 0) is 24.3 Å². The van der Waals surface area contributed by atoms with E-state index in [-0.39, 0.29) is 17.0 Å². The highest BCUT2D eigenvalue weighted by molar-refractivity contribution is 8.00. The zero-order valence-corrected chi connectivity index (χ0v) is 13.6. The van der Waals surface area contributed by atoms with Crippen LogP contribution in [0, 0.1) is 5.82 Å². The lowest BCUT2D eigenvalue weighted by atomic mass is 10.1. The Morgan fingerprint density at radius 2 is 2.04 bits per heavy atom. The Morgan fingerprint density at radius 1 is 1.25 bits per heavy atom. The van der Waals surface area contributed by atoms with Crippen LogP contribution in [0.2, 0.25) is 0 Å². The summed E-state index contributed by atoms with van der Waals surface area (Å²) >= 11 is 1.53. The zero-order chi connectivity index (χ0) is 16.7. The van der Waals surface area contributed by atoms with Crippen molar-refractivity contribution in [2.75, 3.05) is 11.1 Å². The second-order valence-corrected chi connectivity index (χ2v) is 6.62. The van der Waals surface area contributed by atoms with E-state index < -0.39 is 0 Å².